The van der Waals surface area contributed by atoms with Crippen molar-refractivity contribution in [1.82, 2.24) is 10.2 Å². The lowest BCUT2D eigenvalue weighted by Gasteiger charge is -2.23. The van der Waals surface area contributed by atoms with Crippen molar-refractivity contribution in [2.24, 2.45) is 0 Å². The molecule has 21 heavy (non-hydrogen) atoms. The second-order valence-electron chi connectivity index (χ2n) is 5.19. The fourth-order valence-electron chi connectivity index (χ4n) is 2.09. The highest BCUT2D eigenvalue weighted by Gasteiger charge is 2.17. The van der Waals surface area contributed by atoms with Crippen molar-refractivity contribution in [3.8, 4) is 0 Å². The molecule has 0 spiro atoms. The molecule has 1 rings (SSSR count). The minimum absolute atomic E-state index is 0.00542. The number of carbonyl (C=O) groups is 2. The summed E-state index contributed by atoms with van der Waals surface area (Å²) in [5.74, 6) is -0.990. The van der Waals surface area contributed by atoms with Crippen molar-refractivity contribution in [1.29, 1.82) is 0 Å². The van der Waals surface area contributed by atoms with E-state index in [1.807, 2.05) is 32.0 Å². The summed E-state index contributed by atoms with van der Waals surface area (Å²) >= 11 is 0. The number of benzene rings is 1. The van der Waals surface area contributed by atoms with Crippen molar-refractivity contribution in [2.45, 2.75) is 39.2 Å². The van der Waals surface area contributed by atoms with E-state index in [2.05, 4.69) is 17.4 Å². The second kappa shape index (κ2) is 9.00. The Morgan fingerprint density at radius 3 is 2.52 bits per heavy atom. The van der Waals surface area contributed by atoms with Crippen LogP contribution < -0.4 is 5.32 Å². The first kappa shape index (κ1) is 17.0. The van der Waals surface area contributed by atoms with Gasteiger partial charge in [0.25, 0.3) is 0 Å². The number of nitrogens with one attached hydrogen (secondary N) is 1. The number of carbonyl (C=O) groups excluding carboxylic acids is 1. The molecule has 1 aromatic rings. The van der Waals surface area contributed by atoms with Gasteiger partial charge in [0, 0.05) is 12.6 Å². The number of nitrogens with zero attached hydrogens (tertiary/aromatic N) is 1. The number of hydrogen-bond donors (Lipinski definition) is 2. The van der Waals surface area contributed by atoms with Gasteiger partial charge in [0.15, 0.2) is 0 Å². The Morgan fingerprint density at radius 1 is 1.29 bits per heavy atom. The van der Waals surface area contributed by atoms with E-state index >= 15 is 0 Å². The topological polar surface area (TPSA) is 69.6 Å². The van der Waals surface area contributed by atoms with Crippen LogP contribution in [-0.2, 0) is 11.2 Å². The van der Waals surface area contributed by atoms with Gasteiger partial charge in [0.2, 0.25) is 0 Å². The van der Waals surface area contributed by atoms with E-state index in [1.54, 1.807) is 0 Å². The molecular formula is C16H24N2O3. The Hall–Kier alpha value is -2.04. The molecular weight excluding hydrogens is 268 g/mol. The fraction of sp³-hybridized carbons (Fsp3) is 0.500. The normalized spacial score (nSPS) is 11.7. The number of aryl methyl sites for hydroxylation is 1. The molecule has 1 aromatic carbocycles. The molecule has 2 N–H and O–H groups in total. The molecule has 5 nitrogen and oxygen atoms in total. The van der Waals surface area contributed by atoms with Crippen molar-refractivity contribution >= 4 is 12.0 Å². The van der Waals surface area contributed by atoms with E-state index in [1.165, 1.54) is 10.5 Å². The van der Waals surface area contributed by atoms with Crippen LogP contribution in [0, 0.1) is 0 Å². The minimum atomic E-state index is -0.990. The predicted molar refractivity (Wildman–Crippen MR) is 82.3 cm³/mol. The Labute approximate surface area is 126 Å². The molecule has 2 amide bonds. The molecule has 116 valence electrons. The van der Waals surface area contributed by atoms with Crippen LogP contribution >= 0.6 is 0 Å². The number of aliphatic carboxylic acids is 1. The van der Waals surface area contributed by atoms with Gasteiger partial charge in [-0.2, -0.15) is 0 Å². The summed E-state index contributed by atoms with van der Waals surface area (Å²) in [6.45, 7) is 4.04. The first-order valence-corrected chi connectivity index (χ1v) is 7.34. The number of rotatable bonds is 8. The van der Waals surface area contributed by atoms with Gasteiger partial charge >= 0.3 is 12.0 Å². The van der Waals surface area contributed by atoms with Gasteiger partial charge in [0.1, 0.15) is 6.54 Å². The average Bonchev–Trinajstić information content (AvgIpc) is 2.45. The zero-order chi connectivity index (χ0) is 15.7. The summed E-state index contributed by atoms with van der Waals surface area (Å²) in [6, 6.07) is 9.78. The molecule has 0 heterocycles. The lowest BCUT2D eigenvalue weighted by Crippen LogP contribution is -2.46. The maximum atomic E-state index is 12.0. The Balaban J connectivity index is 2.42. The standard InChI is InChI=1S/C16H24N2O3/c1-3-11-18(12-15(19)20)16(21)17-13(2)9-10-14-7-5-4-6-8-14/h4-8,13H,3,9-12H2,1-2H3,(H,17,21)(H,19,20). The number of amides is 2. The van der Waals surface area contributed by atoms with Gasteiger partial charge in [-0.25, -0.2) is 4.79 Å². The Kier molecular flexibility index (Phi) is 7.29. The van der Waals surface area contributed by atoms with Crippen LogP contribution in [0.15, 0.2) is 30.3 Å². The average molecular weight is 292 g/mol. The van der Waals surface area contributed by atoms with Crippen LogP contribution in [-0.4, -0.2) is 41.1 Å². The van der Waals surface area contributed by atoms with Gasteiger partial charge in [-0.15, -0.1) is 0 Å². The zero-order valence-corrected chi connectivity index (χ0v) is 12.7. The molecule has 0 aromatic heterocycles. The van der Waals surface area contributed by atoms with E-state index in [0.717, 1.165) is 19.3 Å². The van der Waals surface area contributed by atoms with Crippen molar-refractivity contribution in [2.75, 3.05) is 13.1 Å². The third-order valence-electron chi connectivity index (χ3n) is 3.19. The quantitative estimate of drug-likeness (QED) is 0.773. The van der Waals surface area contributed by atoms with Crippen LogP contribution in [0.5, 0.6) is 0 Å². The van der Waals surface area contributed by atoms with Crippen LogP contribution in [0.1, 0.15) is 32.3 Å². The van der Waals surface area contributed by atoms with Crippen LogP contribution in [0.3, 0.4) is 0 Å². The summed E-state index contributed by atoms with van der Waals surface area (Å²) < 4.78 is 0. The first-order valence-electron chi connectivity index (χ1n) is 7.34. The molecule has 0 aliphatic rings. The SMILES string of the molecule is CCCN(CC(=O)O)C(=O)NC(C)CCc1ccccc1. The highest BCUT2D eigenvalue weighted by molar-refractivity contribution is 5.80. The Bertz CT molecular complexity index is 448. The van der Waals surface area contributed by atoms with Gasteiger partial charge in [0.05, 0.1) is 0 Å². The monoisotopic (exact) mass is 292 g/mol. The summed E-state index contributed by atoms with van der Waals surface area (Å²) in [7, 11) is 0. The summed E-state index contributed by atoms with van der Waals surface area (Å²) in [5.41, 5.74) is 1.23. The molecule has 0 radical (unpaired) electrons. The third-order valence-corrected chi connectivity index (χ3v) is 3.19. The molecule has 0 saturated carbocycles. The lowest BCUT2D eigenvalue weighted by molar-refractivity contribution is -0.137. The molecule has 0 aliphatic carbocycles. The lowest BCUT2D eigenvalue weighted by atomic mass is 10.1. The first-order chi connectivity index (χ1) is 10.0. The number of carboxylic acids is 1. The molecule has 0 aliphatic heterocycles. The van der Waals surface area contributed by atoms with Gasteiger partial charge in [-0.3, -0.25) is 4.79 Å². The van der Waals surface area contributed by atoms with Crippen molar-refractivity contribution in [3.63, 3.8) is 0 Å². The molecule has 0 saturated heterocycles. The number of hydrogen-bond acceptors (Lipinski definition) is 2. The van der Waals surface area contributed by atoms with E-state index in [9.17, 15) is 9.59 Å². The summed E-state index contributed by atoms with van der Waals surface area (Å²) in [6.07, 6.45) is 2.44. The summed E-state index contributed by atoms with van der Waals surface area (Å²) in [4.78, 5) is 24.1. The highest BCUT2D eigenvalue weighted by atomic mass is 16.4. The molecule has 0 fully saturated rings. The largest absolute Gasteiger partial charge is 0.480 e. The van der Waals surface area contributed by atoms with E-state index < -0.39 is 5.97 Å². The predicted octanol–water partition coefficient (Wildman–Crippen LogP) is 2.51. The molecule has 1 unspecified atom stereocenters. The van der Waals surface area contributed by atoms with E-state index in [4.69, 9.17) is 5.11 Å². The number of urea groups is 1. The second-order valence-corrected chi connectivity index (χ2v) is 5.19. The third kappa shape index (κ3) is 6.79. The van der Waals surface area contributed by atoms with Crippen LogP contribution in [0.25, 0.3) is 0 Å². The molecule has 5 heteroatoms. The van der Waals surface area contributed by atoms with Crippen LogP contribution in [0.2, 0.25) is 0 Å². The van der Waals surface area contributed by atoms with Gasteiger partial charge in [-0.1, -0.05) is 37.3 Å². The maximum Gasteiger partial charge on any atom is 0.323 e. The van der Waals surface area contributed by atoms with Crippen LogP contribution in [0.4, 0.5) is 4.79 Å². The van der Waals surface area contributed by atoms with E-state index in [0.29, 0.717) is 6.54 Å². The van der Waals surface area contributed by atoms with Crippen molar-refractivity contribution in [3.05, 3.63) is 35.9 Å². The van der Waals surface area contributed by atoms with Gasteiger partial charge in [-0.05, 0) is 31.7 Å². The Morgan fingerprint density at radius 2 is 1.95 bits per heavy atom. The van der Waals surface area contributed by atoms with E-state index in [-0.39, 0.29) is 18.6 Å². The fourth-order valence-corrected chi connectivity index (χ4v) is 2.09. The zero-order valence-electron chi connectivity index (χ0n) is 12.7. The summed E-state index contributed by atoms with van der Waals surface area (Å²) in [5, 5.41) is 11.7. The minimum Gasteiger partial charge on any atom is -0.480 e. The number of carboxylic acid groups (broad SMARTS) is 1. The van der Waals surface area contributed by atoms with Crippen molar-refractivity contribution < 1.29 is 14.7 Å². The molecule has 1 atom stereocenters. The molecule has 0 bridgehead atoms. The smallest absolute Gasteiger partial charge is 0.323 e. The highest BCUT2D eigenvalue weighted by Crippen LogP contribution is 2.05. The maximum absolute atomic E-state index is 12.0. The van der Waals surface area contributed by atoms with Gasteiger partial charge < -0.3 is 15.3 Å².